The molecule has 1 aromatic carbocycles. The molecule has 1 unspecified atom stereocenters. The first-order valence-electron chi connectivity index (χ1n) is 14.1. The van der Waals surface area contributed by atoms with Gasteiger partial charge in [0.25, 0.3) is 0 Å². The van der Waals surface area contributed by atoms with Crippen molar-refractivity contribution in [3.63, 3.8) is 0 Å². The maximum Gasteiger partial charge on any atom is 0.334 e. The second kappa shape index (κ2) is 11.0. The molecule has 0 radical (unpaired) electrons. The van der Waals surface area contributed by atoms with Gasteiger partial charge in [0.05, 0.1) is 30.1 Å². The average Bonchev–Trinajstić information content (AvgIpc) is 3.60. The number of hydrogen-bond donors (Lipinski definition) is 1. The molecular weight excluding hydrogens is 554 g/mol. The quantitative estimate of drug-likeness (QED) is 0.276. The molecule has 12 heteroatoms. The molecule has 11 nitrogen and oxygen atoms in total. The second-order valence-electron chi connectivity index (χ2n) is 11.4. The topological polar surface area (TPSA) is 147 Å². The predicted octanol–water partition coefficient (Wildman–Crippen LogP) is 4.01. The van der Waals surface area contributed by atoms with Crippen molar-refractivity contribution in [1.29, 1.82) is 5.26 Å². The van der Waals surface area contributed by atoms with E-state index in [9.17, 15) is 23.6 Å². The Hall–Kier alpha value is -4.08. The molecule has 4 heterocycles. The van der Waals surface area contributed by atoms with Crippen molar-refractivity contribution in [2.45, 2.75) is 58.0 Å². The fourth-order valence-electron chi connectivity index (χ4n) is 5.95. The lowest BCUT2D eigenvalue weighted by Gasteiger charge is -2.47. The Morgan fingerprint density at radius 3 is 2.48 bits per heavy atom. The number of nitriles is 1. The summed E-state index contributed by atoms with van der Waals surface area (Å²) in [5.74, 6) is -0.503. The standard InChI is InChI=1S/C30H35N7O4S/c1-5-30(28(38)39,24-9-7-22(8-10-24)15-21(3)4)36-14-11-25-26(32-20-33-27(25)36)23-16-34-37(17-23)29(12-13-31)18-35(19-29)42(40,41)6-2/h7-11,14,16-17,20-21H,5-6,12,15,18-19H2,1-4H3,(H,38,39). The van der Waals surface area contributed by atoms with Crippen LogP contribution in [0.25, 0.3) is 22.3 Å². The fourth-order valence-corrected chi connectivity index (χ4v) is 7.19. The number of rotatable bonds is 11. The van der Waals surface area contributed by atoms with E-state index in [-0.39, 0.29) is 25.3 Å². The van der Waals surface area contributed by atoms with Crippen molar-refractivity contribution >= 4 is 27.0 Å². The van der Waals surface area contributed by atoms with Crippen LogP contribution in [0.5, 0.6) is 0 Å². The van der Waals surface area contributed by atoms with E-state index in [1.165, 1.54) is 10.6 Å². The molecule has 3 aromatic heterocycles. The minimum absolute atomic E-state index is 0.00637. The summed E-state index contributed by atoms with van der Waals surface area (Å²) in [6, 6.07) is 11.8. The number of aliphatic carboxylic acids is 1. The lowest BCUT2D eigenvalue weighted by molar-refractivity contribution is -0.145. The summed E-state index contributed by atoms with van der Waals surface area (Å²) in [6.45, 7) is 8.08. The Labute approximate surface area is 245 Å². The monoisotopic (exact) mass is 589 g/mol. The molecule has 1 N–H and O–H groups in total. The van der Waals surface area contributed by atoms with Crippen molar-refractivity contribution in [3.8, 4) is 17.3 Å². The van der Waals surface area contributed by atoms with Crippen molar-refractivity contribution in [1.82, 2.24) is 28.6 Å². The summed E-state index contributed by atoms with van der Waals surface area (Å²) in [5.41, 5.74) is 1.35. The zero-order chi connectivity index (χ0) is 30.3. The lowest BCUT2D eigenvalue weighted by atomic mass is 9.85. The molecule has 1 saturated heterocycles. The third-order valence-corrected chi connectivity index (χ3v) is 10.1. The van der Waals surface area contributed by atoms with Gasteiger partial charge in [-0.3, -0.25) is 4.68 Å². The van der Waals surface area contributed by atoms with Gasteiger partial charge in [-0.25, -0.2) is 23.2 Å². The van der Waals surface area contributed by atoms with Crippen molar-refractivity contribution in [2.24, 2.45) is 5.92 Å². The van der Waals surface area contributed by atoms with Crippen molar-refractivity contribution in [2.75, 3.05) is 18.8 Å². The smallest absolute Gasteiger partial charge is 0.334 e. The highest BCUT2D eigenvalue weighted by Crippen LogP contribution is 2.38. The number of sulfonamides is 1. The number of fused-ring (bicyclic) bond motifs is 1. The van der Waals surface area contributed by atoms with Gasteiger partial charge in [-0.15, -0.1) is 0 Å². The van der Waals surface area contributed by atoms with Crippen LogP contribution in [0.4, 0.5) is 0 Å². The van der Waals surface area contributed by atoms with Crippen molar-refractivity contribution < 1.29 is 18.3 Å². The molecule has 220 valence electrons. The van der Waals surface area contributed by atoms with Crippen LogP contribution in [0.1, 0.15) is 51.7 Å². The van der Waals surface area contributed by atoms with Crippen molar-refractivity contribution in [3.05, 3.63) is 66.4 Å². The molecular formula is C30H35N7O4S. The molecule has 1 aliphatic heterocycles. The first-order valence-corrected chi connectivity index (χ1v) is 15.7. The molecule has 4 aromatic rings. The van der Waals surface area contributed by atoms with Crippen LogP contribution in [0, 0.1) is 17.2 Å². The number of aromatic nitrogens is 5. The van der Waals surface area contributed by atoms with Gasteiger partial charge in [-0.05, 0) is 42.9 Å². The molecule has 0 aliphatic carbocycles. The SMILES string of the molecule is CCC(C(=O)O)(c1ccc(CC(C)C)cc1)n1ccc2c(-c3cnn(C4(CC#N)CN(S(=O)(=O)CC)C4)c3)ncnc21. The van der Waals surface area contributed by atoms with Crippen LogP contribution in [0.2, 0.25) is 0 Å². The van der Waals surface area contributed by atoms with Gasteiger partial charge < -0.3 is 9.67 Å². The number of benzene rings is 1. The Morgan fingerprint density at radius 1 is 1.17 bits per heavy atom. The number of hydrogen-bond acceptors (Lipinski definition) is 7. The van der Waals surface area contributed by atoms with E-state index in [2.05, 4.69) is 35.0 Å². The molecule has 0 bridgehead atoms. The first-order chi connectivity index (χ1) is 20.0. The van der Waals surface area contributed by atoms with Gasteiger partial charge in [-0.1, -0.05) is 45.0 Å². The minimum Gasteiger partial charge on any atom is -0.479 e. The van der Waals surface area contributed by atoms with Gasteiger partial charge >= 0.3 is 5.97 Å². The third kappa shape index (κ3) is 4.76. The Kier molecular flexibility index (Phi) is 7.68. The summed E-state index contributed by atoms with van der Waals surface area (Å²) >= 11 is 0. The predicted molar refractivity (Wildman–Crippen MR) is 158 cm³/mol. The second-order valence-corrected chi connectivity index (χ2v) is 13.6. The third-order valence-electron chi connectivity index (χ3n) is 8.28. The fraction of sp³-hybridized carbons (Fsp3) is 0.433. The first kappa shape index (κ1) is 29.4. The van der Waals surface area contributed by atoms with E-state index in [1.54, 1.807) is 34.8 Å². The maximum atomic E-state index is 13.0. The Bertz CT molecular complexity index is 1760. The zero-order valence-corrected chi connectivity index (χ0v) is 25.0. The highest BCUT2D eigenvalue weighted by molar-refractivity contribution is 7.89. The summed E-state index contributed by atoms with van der Waals surface area (Å²) in [5, 5.41) is 25.3. The van der Waals surface area contributed by atoms with Crippen LogP contribution in [-0.4, -0.2) is 67.0 Å². The highest BCUT2D eigenvalue weighted by Gasteiger charge is 2.50. The summed E-state index contributed by atoms with van der Waals surface area (Å²) in [6.07, 6.45) is 7.85. The van der Waals surface area contributed by atoms with Crippen LogP contribution >= 0.6 is 0 Å². The van der Waals surface area contributed by atoms with E-state index < -0.39 is 27.1 Å². The molecule has 5 rings (SSSR count). The van der Waals surface area contributed by atoms with Crippen LogP contribution in [0.15, 0.2) is 55.2 Å². The van der Waals surface area contributed by atoms with Gasteiger partial charge in [-0.2, -0.15) is 14.7 Å². The molecule has 1 atom stereocenters. The van der Waals surface area contributed by atoms with Crippen LogP contribution in [-0.2, 0) is 32.3 Å². The summed E-state index contributed by atoms with van der Waals surface area (Å²) in [4.78, 5) is 22.0. The van der Waals surface area contributed by atoms with E-state index in [4.69, 9.17) is 0 Å². The van der Waals surface area contributed by atoms with E-state index in [0.717, 1.165) is 12.0 Å². The molecule has 1 fully saturated rings. The molecule has 0 saturated carbocycles. The van der Waals surface area contributed by atoms with Gasteiger partial charge in [0.15, 0.2) is 5.54 Å². The summed E-state index contributed by atoms with van der Waals surface area (Å²) in [7, 11) is -3.37. The molecule has 0 spiro atoms. The average molecular weight is 590 g/mol. The van der Waals surface area contributed by atoms with Gasteiger partial charge in [0.2, 0.25) is 10.0 Å². The zero-order valence-electron chi connectivity index (χ0n) is 24.2. The van der Waals surface area contributed by atoms with E-state index in [1.807, 2.05) is 37.3 Å². The number of carboxylic acids is 1. The van der Waals surface area contributed by atoms with E-state index in [0.29, 0.717) is 40.2 Å². The molecule has 0 amide bonds. The molecule has 1 aliphatic rings. The minimum atomic E-state index is -3.37. The highest BCUT2D eigenvalue weighted by atomic mass is 32.2. The number of carboxylic acid groups (broad SMARTS) is 1. The van der Waals surface area contributed by atoms with Crippen LogP contribution < -0.4 is 0 Å². The normalized spacial score (nSPS) is 16.7. The molecule has 42 heavy (non-hydrogen) atoms. The summed E-state index contributed by atoms with van der Waals surface area (Å²) < 4.78 is 29.4. The van der Waals surface area contributed by atoms with Gasteiger partial charge in [0.1, 0.15) is 17.5 Å². The van der Waals surface area contributed by atoms with Gasteiger partial charge in [0, 0.05) is 36.4 Å². The lowest BCUT2D eigenvalue weighted by Crippen LogP contribution is -2.64. The number of carbonyl (C=O) groups is 1. The van der Waals surface area contributed by atoms with Crippen LogP contribution in [0.3, 0.4) is 0 Å². The maximum absolute atomic E-state index is 13.0. The largest absolute Gasteiger partial charge is 0.479 e. The number of nitrogens with zero attached hydrogens (tertiary/aromatic N) is 7. The Morgan fingerprint density at radius 2 is 1.88 bits per heavy atom. The van der Waals surface area contributed by atoms with E-state index >= 15 is 0 Å². The Balaban J connectivity index is 1.55.